The van der Waals surface area contributed by atoms with Gasteiger partial charge in [0.25, 0.3) is 5.22 Å². The predicted octanol–water partition coefficient (Wildman–Crippen LogP) is 3.11. The van der Waals surface area contributed by atoms with E-state index in [0.717, 1.165) is 17.1 Å². The van der Waals surface area contributed by atoms with E-state index in [-0.39, 0.29) is 22.6 Å². The van der Waals surface area contributed by atoms with Crippen LogP contribution < -0.4 is 5.32 Å². The highest BCUT2D eigenvalue weighted by Gasteiger charge is 2.19. The van der Waals surface area contributed by atoms with Crippen molar-refractivity contribution in [1.82, 2.24) is 14.6 Å². The molecule has 2 aromatic rings. The lowest BCUT2D eigenvalue weighted by Crippen LogP contribution is -2.34. The van der Waals surface area contributed by atoms with Gasteiger partial charge in [-0.25, -0.2) is 17.7 Å². The molecule has 1 aromatic heterocycles. The minimum absolute atomic E-state index is 0.0746. The molecule has 0 aliphatic heterocycles. The third kappa shape index (κ3) is 5.95. The molecule has 1 N–H and O–H groups in total. The van der Waals surface area contributed by atoms with E-state index in [9.17, 15) is 13.2 Å². The first-order valence-electron chi connectivity index (χ1n) is 8.85. The molecule has 27 heavy (non-hydrogen) atoms. The average Bonchev–Trinajstić information content (AvgIpc) is 3.00. The number of nitrogens with zero attached hydrogens (tertiary/aromatic N) is 2. The molecule has 0 aliphatic rings. The van der Waals surface area contributed by atoms with Crippen molar-refractivity contribution in [2.24, 2.45) is 5.92 Å². The molecule has 1 amide bonds. The van der Waals surface area contributed by atoms with Crippen LogP contribution in [0.15, 0.2) is 32.7 Å². The second-order valence-corrected chi connectivity index (χ2v) is 10.2. The molecule has 1 aromatic carbocycles. The fourth-order valence-electron chi connectivity index (χ4n) is 2.42. The summed E-state index contributed by atoms with van der Waals surface area (Å²) in [5, 5.41) is 3.31. The summed E-state index contributed by atoms with van der Waals surface area (Å²) in [4.78, 5) is 16.5. The number of benzene rings is 1. The van der Waals surface area contributed by atoms with Crippen molar-refractivity contribution in [3.05, 3.63) is 18.2 Å². The van der Waals surface area contributed by atoms with E-state index in [1.165, 1.54) is 38.0 Å². The zero-order valence-corrected chi connectivity index (χ0v) is 18.0. The summed E-state index contributed by atoms with van der Waals surface area (Å²) >= 11 is 1.19. The van der Waals surface area contributed by atoms with Crippen LogP contribution in [0.5, 0.6) is 0 Å². The Morgan fingerprint density at radius 2 is 1.96 bits per heavy atom. The van der Waals surface area contributed by atoms with Crippen LogP contribution in [-0.4, -0.2) is 49.5 Å². The van der Waals surface area contributed by atoms with Crippen molar-refractivity contribution in [2.75, 3.05) is 19.8 Å². The van der Waals surface area contributed by atoms with Crippen molar-refractivity contribution in [1.29, 1.82) is 0 Å². The lowest BCUT2D eigenvalue weighted by atomic mass is 10.0. The smallest absolute Gasteiger partial charge is 0.257 e. The van der Waals surface area contributed by atoms with Gasteiger partial charge in [-0.3, -0.25) is 4.79 Å². The number of fused-ring (bicyclic) bond motifs is 1. The van der Waals surface area contributed by atoms with Crippen molar-refractivity contribution in [3.8, 4) is 0 Å². The summed E-state index contributed by atoms with van der Waals surface area (Å²) in [6, 6.07) is 4.67. The highest BCUT2D eigenvalue weighted by molar-refractivity contribution is 7.99. The Balaban J connectivity index is 1.99. The van der Waals surface area contributed by atoms with Crippen molar-refractivity contribution in [3.63, 3.8) is 0 Å². The molecule has 0 fully saturated rings. The Bertz CT molecular complexity index is 891. The molecule has 2 rings (SSSR count). The van der Waals surface area contributed by atoms with Gasteiger partial charge in [0.2, 0.25) is 15.9 Å². The highest BCUT2D eigenvalue weighted by atomic mass is 32.2. The first-order valence-corrected chi connectivity index (χ1v) is 11.3. The molecular formula is C18H27N3O4S2. The Morgan fingerprint density at radius 1 is 1.26 bits per heavy atom. The van der Waals surface area contributed by atoms with Crippen molar-refractivity contribution < 1.29 is 17.6 Å². The molecule has 0 radical (unpaired) electrons. The quantitative estimate of drug-likeness (QED) is 0.635. The molecule has 0 saturated heterocycles. The molecule has 1 unspecified atom stereocenters. The second kappa shape index (κ2) is 9.07. The number of carbonyl (C=O) groups excluding carboxylic acids is 1. The summed E-state index contributed by atoms with van der Waals surface area (Å²) in [5.41, 5.74) is 0.937. The van der Waals surface area contributed by atoms with E-state index in [1.54, 1.807) is 6.07 Å². The third-order valence-electron chi connectivity index (χ3n) is 4.03. The summed E-state index contributed by atoms with van der Waals surface area (Å²) in [7, 11) is -0.576. The van der Waals surface area contributed by atoms with Gasteiger partial charge in [0.05, 0.1) is 10.6 Å². The molecule has 0 saturated carbocycles. The Hall–Kier alpha value is -1.58. The molecule has 1 atom stereocenters. The molecule has 0 aliphatic carbocycles. The number of sulfonamides is 1. The maximum Gasteiger partial charge on any atom is 0.257 e. The fraction of sp³-hybridized carbons (Fsp3) is 0.556. The fourth-order valence-corrected chi connectivity index (χ4v) is 3.99. The molecule has 0 spiro atoms. The van der Waals surface area contributed by atoms with Gasteiger partial charge in [-0.1, -0.05) is 25.6 Å². The van der Waals surface area contributed by atoms with Gasteiger partial charge in [-0.05, 0) is 43.9 Å². The van der Waals surface area contributed by atoms with E-state index in [4.69, 9.17) is 4.42 Å². The zero-order chi connectivity index (χ0) is 20.2. The van der Waals surface area contributed by atoms with Crippen molar-refractivity contribution in [2.45, 2.75) is 49.8 Å². The monoisotopic (exact) mass is 413 g/mol. The van der Waals surface area contributed by atoms with Crippen LogP contribution in [0.2, 0.25) is 0 Å². The molecular weight excluding hydrogens is 386 g/mol. The van der Waals surface area contributed by atoms with Crippen molar-refractivity contribution >= 4 is 38.8 Å². The number of amides is 1. The Labute approximate surface area is 164 Å². The Morgan fingerprint density at radius 3 is 2.59 bits per heavy atom. The van der Waals surface area contributed by atoms with Crippen LogP contribution in [0.1, 0.15) is 33.6 Å². The third-order valence-corrected chi connectivity index (χ3v) is 6.67. The molecule has 7 nitrogen and oxygen atoms in total. The summed E-state index contributed by atoms with van der Waals surface area (Å²) in [6.07, 6.45) is 2.01. The predicted molar refractivity (Wildman–Crippen MR) is 107 cm³/mol. The Kier molecular flexibility index (Phi) is 7.30. The summed E-state index contributed by atoms with van der Waals surface area (Å²) in [5.74, 6) is 0.732. The van der Waals surface area contributed by atoms with E-state index in [1.807, 2.05) is 6.92 Å². The molecule has 9 heteroatoms. The van der Waals surface area contributed by atoms with Crippen LogP contribution in [-0.2, 0) is 14.8 Å². The average molecular weight is 414 g/mol. The van der Waals surface area contributed by atoms with Gasteiger partial charge in [-0.2, -0.15) is 0 Å². The minimum atomic E-state index is -3.53. The standard InChI is InChI=1S/C18H27N3O4S2/c1-12(2)6-7-13(3)19-17(22)11-26-18-20-15-10-14(8-9-16(15)25-18)27(23,24)21(4)5/h8-10,12-13H,6-7,11H2,1-5H3,(H,19,22). The van der Waals surface area contributed by atoms with E-state index in [2.05, 4.69) is 24.1 Å². The summed E-state index contributed by atoms with van der Waals surface area (Å²) < 4.78 is 31.2. The highest BCUT2D eigenvalue weighted by Crippen LogP contribution is 2.26. The number of carbonyl (C=O) groups is 1. The van der Waals surface area contributed by atoms with Crippen LogP contribution >= 0.6 is 11.8 Å². The van der Waals surface area contributed by atoms with Gasteiger partial charge < -0.3 is 9.73 Å². The maximum atomic E-state index is 12.2. The van der Waals surface area contributed by atoms with E-state index in [0.29, 0.717) is 22.2 Å². The zero-order valence-electron chi connectivity index (χ0n) is 16.4. The maximum absolute atomic E-state index is 12.2. The van der Waals surface area contributed by atoms with Gasteiger partial charge in [-0.15, -0.1) is 0 Å². The number of thioether (sulfide) groups is 1. The van der Waals surface area contributed by atoms with Crippen LogP contribution in [0.25, 0.3) is 11.1 Å². The van der Waals surface area contributed by atoms with E-state index < -0.39 is 10.0 Å². The molecule has 150 valence electrons. The van der Waals surface area contributed by atoms with Gasteiger partial charge in [0.1, 0.15) is 5.52 Å². The first-order chi connectivity index (χ1) is 12.6. The first kappa shape index (κ1) is 21.7. The lowest BCUT2D eigenvalue weighted by Gasteiger charge is -2.14. The van der Waals surface area contributed by atoms with Gasteiger partial charge in [0, 0.05) is 20.1 Å². The van der Waals surface area contributed by atoms with Crippen LogP contribution in [0.4, 0.5) is 0 Å². The number of rotatable bonds is 9. The van der Waals surface area contributed by atoms with Gasteiger partial charge >= 0.3 is 0 Å². The molecule has 1 heterocycles. The number of hydrogen-bond acceptors (Lipinski definition) is 6. The minimum Gasteiger partial charge on any atom is -0.431 e. The van der Waals surface area contributed by atoms with E-state index >= 15 is 0 Å². The number of oxazole rings is 1. The number of hydrogen-bond donors (Lipinski definition) is 1. The number of aromatic nitrogens is 1. The lowest BCUT2D eigenvalue weighted by molar-refractivity contribution is -0.119. The number of nitrogens with one attached hydrogen (secondary N) is 1. The second-order valence-electron chi connectivity index (χ2n) is 7.13. The topological polar surface area (TPSA) is 92.5 Å². The summed E-state index contributed by atoms with van der Waals surface area (Å²) in [6.45, 7) is 6.32. The largest absolute Gasteiger partial charge is 0.431 e. The van der Waals surface area contributed by atoms with Crippen LogP contribution in [0, 0.1) is 5.92 Å². The van der Waals surface area contributed by atoms with Crippen LogP contribution in [0.3, 0.4) is 0 Å². The molecule has 0 bridgehead atoms. The SMILES string of the molecule is CC(C)CCC(C)NC(=O)CSc1nc2cc(S(=O)(=O)N(C)C)ccc2o1. The normalized spacial score (nSPS) is 13.4. The van der Waals surface area contributed by atoms with Gasteiger partial charge in [0.15, 0.2) is 5.58 Å².